The molecule has 7 nitrogen and oxygen atoms in total. The number of hydrogen-bond donors (Lipinski definition) is 3. The van der Waals surface area contributed by atoms with Crippen LogP contribution >= 0.6 is 23.1 Å². The molecular weight excluding hydrogens is 476 g/mol. The molecule has 1 aliphatic rings. The summed E-state index contributed by atoms with van der Waals surface area (Å²) in [5.41, 5.74) is 3.04. The van der Waals surface area contributed by atoms with Gasteiger partial charge in [-0.2, -0.15) is 16.7 Å². The standard InChI is InChI=1S/C26H38N6OS2/c1-15-20(23-31-21-16(2)27-11-10-19(21)35-23)22(30-18-9-8-17(14-18)26(6,7)33)32-24(29-15)28-12-13-34-25(3,4)5/h10-11,17-18,33H,8-9,12-14H2,1-7H3,(H2,28,29,30,32). The molecule has 190 valence electrons. The van der Waals surface area contributed by atoms with Crippen molar-refractivity contribution in [1.82, 2.24) is 19.9 Å². The molecule has 3 aromatic heterocycles. The summed E-state index contributed by atoms with van der Waals surface area (Å²) in [6, 6.07) is 2.27. The predicted octanol–water partition coefficient (Wildman–Crippen LogP) is 6.06. The number of nitrogens with zero attached hydrogens (tertiary/aromatic N) is 4. The molecule has 0 aromatic carbocycles. The largest absolute Gasteiger partial charge is 0.390 e. The monoisotopic (exact) mass is 514 g/mol. The van der Waals surface area contributed by atoms with E-state index in [4.69, 9.17) is 15.0 Å². The van der Waals surface area contributed by atoms with E-state index in [1.807, 2.05) is 51.7 Å². The first-order chi connectivity index (χ1) is 16.4. The van der Waals surface area contributed by atoms with E-state index in [1.54, 1.807) is 11.3 Å². The van der Waals surface area contributed by atoms with Crippen LogP contribution in [0.4, 0.5) is 11.8 Å². The van der Waals surface area contributed by atoms with Crippen LogP contribution in [-0.4, -0.2) is 53.7 Å². The maximum Gasteiger partial charge on any atom is 0.224 e. The van der Waals surface area contributed by atoms with Gasteiger partial charge in [0.05, 0.1) is 27.3 Å². The Kier molecular flexibility index (Phi) is 7.60. The van der Waals surface area contributed by atoms with Gasteiger partial charge in [-0.1, -0.05) is 20.8 Å². The van der Waals surface area contributed by atoms with Crippen LogP contribution in [0.25, 0.3) is 20.8 Å². The second-order valence-electron chi connectivity index (χ2n) is 11.0. The summed E-state index contributed by atoms with van der Waals surface area (Å²) in [5, 5.41) is 18.6. The summed E-state index contributed by atoms with van der Waals surface area (Å²) in [4.78, 5) is 19.1. The summed E-state index contributed by atoms with van der Waals surface area (Å²) < 4.78 is 1.34. The van der Waals surface area contributed by atoms with E-state index >= 15 is 0 Å². The first kappa shape index (κ1) is 26.1. The van der Waals surface area contributed by atoms with Crippen molar-refractivity contribution in [2.75, 3.05) is 22.9 Å². The zero-order chi connectivity index (χ0) is 25.4. The molecule has 0 amide bonds. The number of aryl methyl sites for hydroxylation is 2. The minimum absolute atomic E-state index is 0.231. The summed E-state index contributed by atoms with van der Waals surface area (Å²) in [7, 11) is 0. The molecule has 35 heavy (non-hydrogen) atoms. The van der Waals surface area contributed by atoms with E-state index in [9.17, 15) is 5.11 Å². The van der Waals surface area contributed by atoms with Crippen LogP contribution in [0.3, 0.4) is 0 Å². The first-order valence-electron chi connectivity index (χ1n) is 12.4. The molecule has 2 atom stereocenters. The van der Waals surface area contributed by atoms with E-state index < -0.39 is 5.60 Å². The van der Waals surface area contributed by atoms with Crippen molar-refractivity contribution in [3.63, 3.8) is 0 Å². The first-order valence-corrected chi connectivity index (χ1v) is 14.2. The normalized spacial score (nSPS) is 18.9. The highest BCUT2D eigenvalue weighted by Gasteiger charge is 2.35. The SMILES string of the molecule is Cc1nc(NCCSC(C)(C)C)nc(NC2CCC(C(C)(C)O)C2)c1-c1nc2c(C)nccc2s1. The molecule has 3 N–H and O–H groups in total. The number of pyridine rings is 1. The van der Waals surface area contributed by atoms with Gasteiger partial charge < -0.3 is 15.7 Å². The lowest BCUT2D eigenvalue weighted by molar-refractivity contribution is 0.0197. The van der Waals surface area contributed by atoms with Gasteiger partial charge >= 0.3 is 0 Å². The average molecular weight is 515 g/mol. The molecule has 0 aliphatic heterocycles. The lowest BCUT2D eigenvalue weighted by Crippen LogP contribution is -2.30. The van der Waals surface area contributed by atoms with Gasteiger partial charge in [-0.3, -0.25) is 4.98 Å². The van der Waals surface area contributed by atoms with Gasteiger partial charge in [0, 0.05) is 29.3 Å². The molecule has 4 rings (SSSR count). The van der Waals surface area contributed by atoms with Gasteiger partial charge in [-0.05, 0) is 58.9 Å². The lowest BCUT2D eigenvalue weighted by atomic mass is 9.89. The highest BCUT2D eigenvalue weighted by atomic mass is 32.2. The maximum atomic E-state index is 10.5. The number of thioether (sulfide) groups is 1. The molecule has 1 fully saturated rings. The number of rotatable bonds is 8. The zero-order valence-electron chi connectivity index (χ0n) is 21.9. The second-order valence-corrected chi connectivity index (χ2v) is 14.0. The number of hydrogen-bond acceptors (Lipinski definition) is 9. The number of anilines is 2. The number of aliphatic hydroxyl groups is 1. The number of aromatic nitrogens is 4. The molecule has 0 saturated heterocycles. The summed E-state index contributed by atoms with van der Waals surface area (Å²) in [6.07, 6.45) is 4.76. The maximum absolute atomic E-state index is 10.5. The van der Waals surface area contributed by atoms with Crippen LogP contribution < -0.4 is 10.6 Å². The smallest absolute Gasteiger partial charge is 0.224 e. The van der Waals surface area contributed by atoms with E-state index in [-0.39, 0.29) is 16.7 Å². The van der Waals surface area contributed by atoms with E-state index in [0.29, 0.717) is 5.95 Å². The van der Waals surface area contributed by atoms with E-state index in [1.165, 1.54) is 0 Å². The fourth-order valence-electron chi connectivity index (χ4n) is 4.57. The Morgan fingerprint density at radius 2 is 1.86 bits per heavy atom. The third kappa shape index (κ3) is 6.43. The van der Waals surface area contributed by atoms with Crippen molar-refractivity contribution < 1.29 is 5.11 Å². The molecule has 9 heteroatoms. The van der Waals surface area contributed by atoms with Crippen molar-refractivity contribution in [3.8, 4) is 10.6 Å². The predicted molar refractivity (Wildman–Crippen MR) is 150 cm³/mol. The molecule has 3 heterocycles. The Balaban J connectivity index is 1.64. The van der Waals surface area contributed by atoms with Crippen LogP contribution in [0.1, 0.15) is 65.3 Å². The molecule has 1 aliphatic carbocycles. The van der Waals surface area contributed by atoms with Gasteiger partial charge in [0.15, 0.2) is 0 Å². The fourth-order valence-corrected chi connectivity index (χ4v) is 6.50. The van der Waals surface area contributed by atoms with Crippen molar-refractivity contribution >= 4 is 45.1 Å². The Hall–Kier alpha value is -1.97. The van der Waals surface area contributed by atoms with Crippen LogP contribution in [0.2, 0.25) is 0 Å². The molecule has 2 unspecified atom stereocenters. The highest BCUT2D eigenvalue weighted by Crippen LogP contribution is 2.40. The molecular formula is C26H38N6OS2. The molecule has 0 spiro atoms. The minimum atomic E-state index is -0.671. The van der Waals surface area contributed by atoms with Crippen LogP contribution in [-0.2, 0) is 0 Å². The number of thiazole rings is 1. The van der Waals surface area contributed by atoms with Gasteiger partial charge in [0.2, 0.25) is 5.95 Å². The van der Waals surface area contributed by atoms with Crippen LogP contribution in [0, 0.1) is 19.8 Å². The topological polar surface area (TPSA) is 95.9 Å². The van der Waals surface area contributed by atoms with Crippen molar-refractivity contribution in [2.24, 2.45) is 5.92 Å². The van der Waals surface area contributed by atoms with Crippen LogP contribution in [0.15, 0.2) is 12.3 Å². The number of fused-ring (bicyclic) bond motifs is 1. The van der Waals surface area contributed by atoms with Gasteiger partial charge in [0.25, 0.3) is 0 Å². The highest BCUT2D eigenvalue weighted by molar-refractivity contribution is 8.00. The van der Waals surface area contributed by atoms with Crippen molar-refractivity contribution in [3.05, 3.63) is 23.7 Å². The third-order valence-electron chi connectivity index (χ3n) is 6.49. The Morgan fingerprint density at radius 1 is 1.09 bits per heavy atom. The number of nitrogens with one attached hydrogen (secondary N) is 2. The average Bonchev–Trinajstić information content (AvgIpc) is 3.38. The summed E-state index contributed by atoms with van der Waals surface area (Å²) in [6.45, 7) is 15.3. The summed E-state index contributed by atoms with van der Waals surface area (Å²) in [5.74, 6) is 2.71. The van der Waals surface area contributed by atoms with Gasteiger partial charge in [-0.25, -0.2) is 9.97 Å². The van der Waals surface area contributed by atoms with Crippen LogP contribution in [0.5, 0.6) is 0 Å². The minimum Gasteiger partial charge on any atom is -0.390 e. The van der Waals surface area contributed by atoms with Gasteiger partial charge in [0.1, 0.15) is 16.3 Å². The van der Waals surface area contributed by atoms with Gasteiger partial charge in [-0.15, -0.1) is 11.3 Å². The second kappa shape index (κ2) is 10.2. The quantitative estimate of drug-likeness (QED) is 0.312. The molecule has 0 bridgehead atoms. The fraction of sp³-hybridized carbons (Fsp3) is 0.615. The van der Waals surface area contributed by atoms with E-state index in [0.717, 1.165) is 69.6 Å². The van der Waals surface area contributed by atoms with Crippen molar-refractivity contribution in [2.45, 2.75) is 84.1 Å². The third-order valence-corrected chi connectivity index (χ3v) is 8.80. The Bertz CT molecular complexity index is 1180. The Labute approximate surface area is 217 Å². The molecule has 3 aromatic rings. The molecule has 0 radical (unpaired) electrons. The van der Waals surface area contributed by atoms with E-state index in [2.05, 4.69) is 36.4 Å². The molecule has 1 saturated carbocycles. The summed E-state index contributed by atoms with van der Waals surface area (Å²) >= 11 is 3.57. The zero-order valence-corrected chi connectivity index (χ0v) is 23.5. The Morgan fingerprint density at radius 3 is 2.51 bits per heavy atom. The van der Waals surface area contributed by atoms with Crippen molar-refractivity contribution in [1.29, 1.82) is 0 Å². The lowest BCUT2D eigenvalue weighted by Gasteiger charge is -2.25.